The second-order valence-electron chi connectivity index (χ2n) is 10.1. The minimum absolute atomic E-state index is 0.0352. The maximum atomic E-state index is 14.6. The molecule has 0 heterocycles. The van der Waals surface area contributed by atoms with Crippen molar-refractivity contribution in [3.8, 4) is 0 Å². The zero-order valence-corrected chi connectivity index (χ0v) is 24.0. The summed E-state index contributed by atoms with van der Waals surface area (Å²) in [5.41, 5.74) is 2.95. The Morgan fingerprint density at radius 2 is 1.51 bits per heavy atom. The molecular formula is C30H36FN3O4S. The van der Waals surface area contributed by atoms with Gasteiger partial charge in [-0.05, 0) is 76.9 Å². The van der Waals surface area contributed by atoms with E-state index in [0.717, 1.165) is 15.4 Å². The number of rotatable bonds is 10. The number of nitrogens with one attached hydrogen (secondary N) is 1. The Morgan fingerprint density at radius 1 is 0.897 bits per heavy atom. The Balaban J connectivity index is 2.09. The number of hydrogen-bond donors (Lipinski definition) is 1. The zero-order valence-electron chi connectivity index (χ0n) is 23.2. The fraction of sp³-hybridized carbons (Fsp3) is 0.333. The summed E-state index contributed by atoms with van der Waals surface area (Å²) in [5, 5.41) is 2.78. The van der Waals surface area contributed by atoms with Crippen LogP contribution in [0.2, 0.25) is 0 Å². The number of halogens is 1. The lowest BCUT2D eigenvalue weighted by molar-refractivity contribution is -0.139. The van der Waals surface area contributed by atoms with Crippen molar-refractivity contribution in [2.75, 3.05) is 10.8 Å². The summed E-state index contributed by atoms with van der Waals surface area (Å²) in [6.45, 7) is 9.82. The predicted molar refractivity (Wildman–Crippen MR) is 151 cm³/mol. The largest absolute Gasteiger partial charge is 0.352 e. The topological polar surface area (TPSA) is 86.8 Å². The van der Waals surface area contributed by atoms with Crippen molar-refractivity contribution >= 4 is 27.5 Å². The first-order valence-corrected chi connectivity index (χ1v) is 14.2. The van der Waals surface area contributed by atoms with E-state index in [1.54, 1.807) is 58.0 Å². The van der Waals surface area contributed by atoms with Gasteiger partial charge in [0.05, 0.1) is 10.6 Å². The number of benzene rings is 3. The summed E-state index contributed by atoms with van der Waals surface area (Å²) in [5.74, 6) is -1.58. The van der Waals surface area contributed by atoms with Gasteiger partial charge in [0.1, 0.15) is 18.4 Å². The van der Waals surface area contributed by atoms with Crippen LogP contribution >= 0.6 is 0 Å². The van der Waals surface area contributed by atoms with Crippen LogP contribution in [0.25, 0.3) is 0 Å². The van der Waals surface area contributed by atoms with Crippen molar-refractivity contribution in [1.82, 2.24) is 10.2 Å². The van der Waals surface area contributed by atoms with E-state index in [4.69, 9.17) is 0 Å². The minimum atomic E-state index is -4.17. The van der Waals surface area contributed by atoms with Gasteiger partial charge in [0, 0.05) is 18.2 Å². The van der Waals surface area contributed by atoms with Gasteiger partial charge in [-0.3, -0.25) is 13.9 Å². The monoisotopic (exact) mass is 553 g/mol. The number of amides is 2. The average molecular weight is 554 g/mol. The molecule has 0 radical (unpaired) electrons. The molecule has 0 spiro atoms. The lowest BCUT2D eigenvalue weighted by Gasteiger charge is -2.33. The van der Waals surface area contributed by atoms with Crippen molar-refractivity contribution < 1.29 is 22.4 Å². The molecule has 0 fully saturated rings. The van der Waals surface area contributed by atoms with Crippen molar-refractivity contribution in [2.24, 2.45) is 0 Å². The molecule has 0 aromatic heterocycles. The number of sulfonamides is 1. The van der Waals surface area contributed by atoms with Gasteiger partial charge in [-0.2, -0.15) is 0 Å². The molecule has 0 saturated carbocycles. The lowest BCUT2D eigenvalue weighted by atomic mass is 10.1. The smallest absolute Gasteiger partial charge is 0.264 e. The highest BCUT2D eigenvalue weighted by Crippen LogP contribution is 2.29. The highest BCUT2D eigenvalue weighted by molar-refractivity contribution is 7.92. The van der Waals surface area contributed by atoms with Gasteiger partial charge in [0.25, 0.3) is 10.0 Å². The zero-order chi connectivity index (χ0) is 28.9. The molecule has 39 heavy (non-hydrogen) atoms. The van der Waals surface area contributed by atoms with E-state index >= 15 is 0 Å². The first-order chi connectivity index (χ1) is 18.3. The summed E-state index contributed by atoms with van der Waals surface area (Å²) < 4.78 is 43.6. The van der Waals surface area contributed by atoms with E-state index in [1.807, 2.05) is 19.9 Å². The molecule has 1 N–H and O–H groups in total. The molecule has 208 valence electrons. The fourth-order valence-electron chi connectivity index (χ4n) is 4.14. The number of carbonyl (C=O) groups is 2. The van der Waals surface area contributed by atoms with Gasteiger partial charge >= 0.3 is 0 Å². The maximum absolute atomic E-state index is 14.6. The van der Waals surface area contributed by atoms with Crippen LogP contribution in [0.1, 0.15) is 43.0 Å². The molecule has 0 aliphatic heterocycles. The summed E-state index contributed by atoms with van der Waals surface area (Å²) in [7, 11) is -4.17. The molecule has 1 atom stereocenters. The van der Waals surface area contributed by atoms with E-state index < -0.39 is 40.2 Å². The standard InChI is InChI=1S/C30H36FN3O4S/c1-20(2)32-30(36)24(6)33(18-25-9-7-8-10-27(25)31)29(35)19-34(28-17-22(4)11-14-23(28)5)39(37,38)26-15-12-21(3)13-16-26/h7-17,20,24H,18-19H2,1-6H3,(H,32,36). The Morgan fingerprint density at radius 3 is 2.13 bits per heavy atom. The predicted octanol–water partition coefficient (Wildman–Crippen LogP) is 4.89. The van der Waals surface area contributed by atoms with Crippen LogP contribution in [0.5, 0.6) is 0 Å². The number of carbonyl (C=O) groups excluding carboxylic acids is 2. The molecule has 3 rings (SSSR count). The van der Waals surface area contributed by atoms with Crippen LogP contribution in [-0.4, -0.2) is 43.8 Å². The van der Waals surface area contributed by atoms with Crippen molar-refractivity contribution in [3.63, 3.8) is 0 Å². The maximum Gasteiger partial charge on any atom is 0.264 e. The van der Waals surface area contributed by atoms with E-state index in [2.05, 4.69) is 5.32 Å². The van der Waals surface area contributed by atoms with Gasteiger partial charge < -0.3 is 10.2 Å². The van der Waals surface area contributed by atoms with E-state index in [0.29, 0.717) is 11.3 Å². The molecule has 0 saturated heterocycles. The molecule has 9 heteroatoms. The quantitative estimate of drug-likeness (QED) is 0.387. The van der Waals surface area contributed by atoms with Crippen LogP contribution in [0.15, 0.2) is 71.6 Å². The van der Waals surface area contributed by atoms with Gasteiger partial charge in [-0.25, -0.2) is 12.8 Å². The van der Waals surface area contributed by atoms with E-state index in [9.17, 15) is 22.4 Å². The lowest BCUT2D eigenvalue weighted by Crippen LogP contribution is -2.52. The van der Waals surface area contributed by atoms with Crippen LogP contribution < -0.4 is 9.62 Å². The Labute approximate surface area is 230 Å². The summed E-state index contributed by atoms with van der Waals surface area (Å²) >= 11 is 0. The average Bonchev–Trinajstić information content (AvgIpc) is 2.87. The van der Waals surface area contributed by atoms with Crippen molar-refractivity contribution in [3.05, 3.63) is 94.8 Å². The van der Waals surface area contributed by atoms with Gasteiger partial charge in [-0.15, -0.1) is 0 Å². The normalized spacial score (nSPS) is 12.2. The third-order valence-electron chi connectivity index (χ3n) is 6.42. The van der Waals surface area contributed by atoms with Crippen LogP contribution in [0.4, 0.5) is 10.1 Å². The highest BCUT2D eigenvalue weighted by Gasteiger charge is 2.33. The van der Waals surface area contributed by atoms with Crippen LogP contribution in [0, 0.1) is 26.6 Å². The van der Waals surface area contributed by atoms with E-state index in [1.165, 1.54) is 35.2 Å². The molecule has 3 aromatic rings. The first kappa shape index (κ1) is 29.8. The summed E-state index contributed by atoms with van der Waals surface area (Å²) in [4.78, 5) is 28.1. The molecule has 2 amide bonds. The van der Waals surface area contributed by atoms with E-state index in [-0.39, 0.29) is 23.0 Å². The third kappa shape index (κ3) is 7.23. The SMILES string of the molecule is Cc1ccc(S(=O)(=O)N(CC(=O)N(Cc2ccccc2F)C(C)C(=O)NC(C)C)c2cc(C)ccc2C)cc1. The van der Waals surface area contributed by atoms with Crippen molar-refractivity contribution in [1.29, 1.82) is 0 Å². The highest BCUT2D eigenvalue weighted by atomic mass is 32.2. The Kier molecular flexibility index (Phi) is 9.50. The van der Waals surface area contributed by atoms with Crippen molar-refractivity contribution in [2.45, 2.75) is 65.1 Å². The summed E-state index contributed by atoms with van der Waals surface area (Å²) in [6.07, 6.45) is 0. The molecule has 7 nitrogen and oxygen atoms in total. The Hall–Kier alpha value is -3.72. The molecular weight excluding hydrogens is 517 g/mol. The number of nitrogens with zero attached hydrogens (tertiary/aromatic N) is 2. The molecule has 0 aliphatic carbocycles. The Bertz CT molecular complexity index is 1440. The number of anilines is 1. The number of hydrogen-bond acceptors (Lipinski definition) is 4. The molecule has 0 bridgehead atoms. The first-order valence-electron chi connectivity index (χ1n) is 12.8. The molecule has 0 aliphatic rings. The van der Waals surface area contributed by atoms with Crippen LogP contribution in [0.3, 0.4) is 0 Å². The fourth-order valence-corrected chi connectivity index (χ4v) is 5.61. The minimum Gasteiger partial charge on any atom is -0.352 e. The number of aryl methyl sites for hydroxylation is 3. The third-order valence-corrected chi connectivity index (χ3v) is 8.19. The summed E-state index contributed by atoms with van der Waals surface area (Å²) in [6, 6.07) is 16.6. The van der Waals surface area contributed by atoms with Gasteiger partial charge in [0.15, 0.2) is 0 Å². The second-order valence-corrected chi connectivity index (χ2v) is 11.9. The second kappa shape index (κ2) is 12.4. The van der Waals surface area contributed by atoms with Gasteiger partial charge in [-0.1, -0.05) is 48.0 Å². The molecule has 1 unspecified atom stereocenters. The van der Waals surface area contributed by atoms with Gasteiger partial charge in [0.2, 0.25) is 11.8 Å². The molecule has 3 aromatic carbocycles. The van der Waals surface area contributed by atoms with Crippen LogP contribution in [-0.2, 0) is 26.2 Å².